The number of nitro benzene ring substituents is 1. The first-order valence-corrected chi connectivity index (χ1v) is 5.53. The Morgan fingerprint density at radius 2 is 2.06 bits per heavy atom. The molecular formula is C10H15Cl2N3O3. The van der Waals surface area contributed by atoms with E-state index in [1.54, 1.807) is 6.07 Å². The maximum atomic E-state index is 10.8. The van der Waals surface area contributed by atoms with Crippen molar-refractivity contribution in [3.05, 3.63) is 33.3 Å². The van der Waals surface area contributed by atoms with Gasteiger partial charge in [0.15, 0.2) is 0 Å². The van der Waals surface area contributed by atoms with E-state index < -0.39 is 4.92 Å². The number of hydrogen-bond acceptors (Lipinski definition) is 5. The van der Waals surface area contributed by atoms with Gasteiger partial charge in [-0.2, -0.15) is 0 Å². The Kier molecular flexibility index (Phi) is 8.40. The topological polar surface area (TPSA) is 87.4 Å². The van der Waals surface area contributed by atoms with Crippen molar-refractivity contribution >= 4 is 35.4 Å². The molecule has 0 fully saturated rings. The average molecular weight is 296 g/mol. The molecule has 0 radical (unpaired) electrons. The summed E-state index contributed by atoms with van der Waals surface area (Å²) >= 11 is 5.89. The number of hydrogen-bond donors (Lipinski definition) is 3. The fourth-order valence-electron chi connectivity index (χ4n) is 1.32. The van der Waals surface area contributed by atoms with Gasteiger partial charge in [-0.1, -0.05) is 17.7 Å². The Morgan fingerprint density at radius 3 is 2.67 bits per heavy atom. The number of nitrogens with zero attached hydrogens (tertiary/aromatic N) is 1. The van der Waals surface area contributed by atoms with Gasteiger partial charge in [0, 0.05) is 25.7 Å². The van der Waals surface area contributed by atoms with Crippen LogP contribution in [0.1, 0.15) is 0 Å². The van der Waals surface area contributed by atoms with Crippen molar-refractivity contribution in [3.63, 3.8) is 0 Å². The number of anilines is 1. The third-order valence-electron chi connectivity index (χ3n) is 2.08. The lowest BCUT2D eigenvalue weighted by Gasteiger charge is -2.09. The van der Waals surface area contributed by atoms with Crippen LogP contribution in [0.25, 0.3) is 0 Å². The Balaban J connectivity index is 0.00000289. The van der Waals surface area contributed by atoms with Gasteiger partial charge in [-0.3, -0.25) is 10.1 Å². The highest BCUT2D eigenvalue weighted by Crippen LogP contribution is 2.31. The molecule has 0 saturated carbocycles. The van der Waals surface area contributed by atoms with Crippen molar-refractivity contribution in [2.24, 2.45) is 0 Å². The summed E-state index contributed by atoms with van der Waals surface area (Å²) < 4.78 is 0. The molecule has 8 heteroatoms. The molecule has 1 aromatic carbocycles. The van der Waals surface area contributed by atoms with Crippen LogP contribution in [0.15, 0.2) is 18.2 Å². The van der Waals surface area contributed by atoms with Crippen LogP contribution in [0.5, 0.6) is 0 Å². The van der Waals surface area contributed by atoms with E-state index >= 15 is 0 Å². The van der Waals surface area contributed by atoms with Gasteiger partial charge in [0.1, 0.15) is 5.69 Å². The first-order chi connectivity index (χ1) is 8.16. The zero-order chi connectivity index (χ0) is 12.7. The van der Waals surface area contributed by atoms with E-state index in [2.05, 4.69) is 10.6 Å². The second-order valence-corrected chi connectivity index (χ2v) is 3.70. The summed E-state index contributed by atoms with van der Waals surface area (Å²) in [7, 11) is 0. The van der Waals surface area contributed by atoms with Gasteiger partial charge in [-0.25, -0.2) is 0 Å². The molecule has 1 rings (SSSR count). The number of nitrogens with one attached hydrogen (secondary N) is 2. The fourth-order valence-corrected chi connectivity index (χ4v) is 1.56. The van der Waals surface area contributed by atoms with E-state index in [0.717, 1.165) is 0 Å². The molecule has 0 aliphatic heterocycles. The highest BCUT2D eigenvalue weighted by Gasteiger charge is 2.15. The third-order valence-corrected chi connectivity index (χ3v) is 2.40. The lowest BCUT2D eigenvalue weighted by Crippen LogP contribution is -2.25. The number of aliphatic hydroxyl groups is 1. The van der Waals surface area contributed by atoms with Gasteiger partial charge >= 0.3 is 0 Å². The number of rotatable bonds is 7. The summed E-state index contributed by atoms with van der Waals surface area (Å²) in [5, 5.41) is 25.5. The molecule has 0 heterocycles. The van der Waals surface area contributed by atoms with Crippen LogP contribution in [-0.2, 0) is 0 Å². The van der Waals surface area contributed by atoms with Gasteiger partial charge in [0.05, 0.1) is 16.6 Å². The molecule has 0 atom stereocenters. The number of nitro groups is 1. The summed E-state index contributed by atoms with van der Waals surface area (Å²) in [6, 6.07) is 4.53. The number of aliphatic hydroxyl groups excluding tert-OH is 1. The summed E-state index contributed by atoms with van der Waals surface area (Å²) in [4.78, 5) is 10.3. The number of benzene rings is 1. The quantitative estimate of drug-likeness (QED) is 0.405. The lowest BCUT2D eigenvalue weighted by atomic mass is 10.2. The van der Waals surface area contributed by atoms with Gasteiger partial charge in [-0.15, -0.1) is 12.4 Å². The molecule has 0 amide bonds. The van der Waals surface area contributed by atoms with Gasteiger partial charge < -0.3 is 15.7 Å². The normalized spacial score (nSPS) is 9.67. The molecule has 18 heavy (non-hydrogen) atoms. The van der Waals surface area contributed by atoms with Crippen molar-refractivity contribution in [1.29, 1.82) is 0 Å². The molecule has 0 aliphatic rings. The predicted octanol–water partition coefficient (Wildman–Crippen LogP) is 1.66. The molecule has 0 aromatic heterocycles. The molecule has 0 spiro atoms. The molecule has 0 bridgehead atoms. The SMILES string of the molecule is Cl.O=[N+]([O-])c1cccc(Cl)c1NCCNCCO. The lowest BCUT2D eigenvalue weighted by molar-refractivity contribution is -0.383. The van der Waals surface area contributed by atoms with E-state index in [9.17, 15) is 10.1 Å². The van der Waals surface area contributed by atoms with Crippen LogP contribution in [0.3, 0.4) is 0 Å². The van der Waals surface area contributed by atoms with Crippen LogP contribution in [0, 0.1) is 10.1 Å². The maximum absolute atomic E-state index is 10.8. The Bertz CT molecular complexity index is 391. The van der Waals surface area contributed by atoms with Crippen molar-refractivity contribution in [3.8, 4) is 0 Å². The van der Waals surface area contributed by atoms with E-state index in [0.29, 0.717) is 30.3 Å². The third kappa shape index (κ3) is 5.05. The van der Waals surface area contributed by atoms with Crippen molar-refractivity contribution < 1.29 is 10.0 Å². The molecule has 6 nitrogen and oxygen atoms in total. The van der Waals surface area contributed by atoms with E-state index in [-0.39, 0.29) is 24.7 Å². The number of para-hydroxylation sites is 1. The number of halogens is 2. The standard InChI is InChI=1S/C10H14ClN3O3.ClH/c11-8-2-1-3-9(14(16)17)10(8)13-5-4-12-6-7-15;/h1-3,12-13,15H,4-7H2;1H. The smallest absolute Gasteiger partial charge is 0.293 e. The van der Waals surface area contributed by atoms with Crippen molar-refractivity contribution in [2.75, 3.05) is 31.6 Å². The molecule has 0 unspecified atom stereocenters. The minimum absolute atomic E-state index is 0. The Labute approximate surface area is 116 Å². The van der Waals surface area contributed by atoms with E-state index in [1.165, 1.54) is 12.1 Å². The summed E-state index contributed by atoms with van der Waals surface area (Å²) in [5.41, 5.74) is 0.282. The summed E-state index contributed by atoms with van der Waals surface area (Å²) in [6.45, 7) is 1.63. The van der Waals surface area contributed by atoms with Gasteiger partial charge in [0.2, 0.25) is 0 Å². The highest BCUT2D eigenvalue weighted by molar-refractivity contribution is 6.33. The second-order valence-electron chi connectivity index (χ2n) is 3.29. The van der Waals surface area contributed by atoms with Crippen molar-refractivity contribution in [2.45, 2.75) is 0 Å². The average Bonchev–Trinajstić information content (AvgIpc) is 2.30. The van der Waals surface area contributed by atoms with Crippen LogP contribution in [-0.4, -0.2) is 36.3 Å². The molecule has 3 N–H and O–H groups in total. The predicted molar refractivity (Wildman–Crippen MR) is 73.8 cm³/mol. The first-order valence-electron chi connectivity index (χ1n) is 5.15. The monoisotopic (exact) mass is 295 g/mol. The maximum Gasteiger partial charge on any atom is 0.293 e. The molecule has 0 aliphatic carbocycles. The summed E-state index contributed by atoms with van der Waals surface area (Å²) in [5.74, 6) is 0. The Morgan fingerprint density at radius 1 is 1.33 bits per heavy atom. The van der Waals surface area contributed by atoms with E-state index in [4.69, 9.17) is 16.7 Å². The van der Waals surface area contributed by atoms with Gasteiger partial charge in [-0.05, 0) is 6.07 Å². The molecular weight excluding hydrogens is 281 g/mol. The molecule has 0 saturated heterocycles. The second kappa shape index (κ2) is 8.93. The minimum Gasteiger partial charge on any atom is -0.395 e. The largest absolute Gasteiger partial charge is 0.395 e. The molecule has 102 valence electrons. The van der Waals surface area contributed by atoms with Crippen LogP contribution < -0.4 is 10.6 Å². The fraction of sp³-hybridized carbons (Fsp3) is 0.400. The zero-order valence-electron chi connectivity index (χ0n) is 9.56. The van der Waals surface area contributed by atoms with Crippen LogP contribution in [0.2, 0.25) is 5.02 Å². The van der Waals surface area contributed by atoms with E-state index in [1.807, 2.05) is 0 Å². The minimum atomic E-state index is -0.477. The van der Waals surface area contributed by atoms with Crippen LogP contribution >= 0.6 is 24.0 Å². The van der Waals surface area contributed by atoms with Gasteiger partial charge in [0.25, 0.3) is 5.69 Å². The van der Waals surface area contributed by atoms with Crippen LogP contribution in [0.4, 0.5) is 11.4 Å². The van der Waals surface area contributed by atoms with Crippen molar-refractivity contribution in [1.82, 2.24) is 5.32 Å². The zero-order valence-corrected chi connectivity index (χ0v) is 11.1. The summed E-state index contributed by atoms with van der Waals surface area (Å²) in [6.07, 6.45) is 0. The highest BCUT2D eigenvalue weighted by atomic mass is 35.5. The Hall–Kier alpha value is -1.08. The first kappa shape index (κ1) is 16.9. The molecule has 1 aromatic rings.